The highest BCUT2D eigenvalue weighted by Gasteiger charge is 2.30. The first-order chi connectivity index (χ1) is 13.9. The molecule has 3 aromatic rings. The highest BCUT2D eigenvalue weighted by atomic mass is 32.1. The van der Waals surface area contributed by atoms with E-state index in [9.17, 15) is 18.0 Å². The lowest BCUT2D eigenvalue weighted by molar-refractivity contribution is -0.137. The molecule has 9 heteroatoms. The summed E-state index contributed by atoms with van der Waals surface area (Å²) in [6.07, 6.45) is -2.54. The Bertz CT molecular complexity index is 1050. The van der Waals surface area contributed by atoms with E-state index >= 15 is 0 Å². The molecule has 0 saturated heterocycles. The number of aromatic nitrogens is 1. The van der Waals surface area contributed by atoms with E-state index in [-0.39, 0.29) is 5.91 Å². The number of alkyl halides is 3. The van der Waals surface area contributed by atoms with Crippen molar-refractivity contribution in [2.45, 2.75) is 12.6 Å². The Labute approximate surface area is 168 Å². The van der Waals surface area contributed by atoms with E-state index in [0.29, 0.717) is 47.4 Å². The lowest BCUT2D eigenvalue weighted by atomic mass is 10.1. The van der Waals surface area contributed by atoms with Gasteiger partial charge in [-0.1, -0.05) is 18.2 Å². The minimum Gasteiger partial charge on any atom is -0.486 e. The number of carbonyl (C=O) groups is 1. The first-order valence-electron chi connectivity index (χ1n) is 8.70. The van der Waals surface area contributed by atoms with Crippen molar-refractivity contribution in [2.24, 2.45) is 0 Å². The number of rotatable bonds is 4. The van der Waals surface area contributed by atoms with Gasteiger partial charge in [0.15, 0.2) is 16.6 Å². The molecular formula is C20H15F3N2O3S. The highest BCUT2D eigenvalue weighted by molar-refractivity contribution is 7.15. The number of ether oxygens (including phenoxy) is 2. The van der Waals surface area contributed by atoms with Crippen LogP contribution < -0.4 is 14.8 Å². The summed E-state index contributed by atoms with van der Waals surface area (Å²) in [6, 6.07) is 10.1. The Morgan fingerprint density at radius 2 is 1.90 bits per heavy atom. The van der Waals surface area contributed by atoms with E-state index in [1.807, 2.05) is 0 Å². The second-order valence-corrected chi connectivity index (χ2v) is 7.43. The number of benzene rings is 2. The third kappa shape index (κ3) is 4.51. The smallest absolute Gasteiger partial charge is 0.416 e. The molecule has 0 bridgehead atoms. The number of hydrogen-bond donors (Lipinski definition) is 1. The molecule has 0 aliphatic carbocycles. The van der Waals surface area contributed by atoms with Gasteiger partial charge in [0, 0.05) is 23.1 Å². The van der Waals surface area contributed by atoms with Crippen molar-refractivity contribution in [1.29, 1.82) is 0 Å². The SMILES string of the molecule is O=C(Nc1ncc(Cc2cccc(C(F)(F)F)c2)s1)c1ccc2c(c1)OCCO2. The molecule has 29 heavy (non-hydrogen) atoms. The zero-order chi connectivity index (χ0) is 20.4. The number of anilines is 1. The van der Waals surface area contributed by atoms with Crippen LogP contribution in [0.3, 0.4) is 0 Å². The van der Waals surface area contributed by atoms with Gasteiger partial charge in [0.25, 0.3) is 5.91 Å². The number of amides is 1. The molecule has 1 aliphatic rings. The van der Waals surface area contributed by atoms with Crippen LogP contribution in [0.4, 0.5) is 18.3 Å². The van der Waals surface area contributed by atoms with Gasteiger partial charge in [-0.3, -0.25) is 10.1 Å². The van der Waals surface area contributed by atoms with E-state index in [1.54, 1.807) is 30.5 Å². The number of halogens is 3. The van der Waals surface area contributed by atoms with Crippen LogP contribution in [0.2, 0.25) is 0 Å². The molecule has 1 N–H and O–H groups in total. The molecule has 1 aromatic heterocycles. The van der Waals surface area contributed by atoms with Gasteiger partial charge in [-0.25, -0.2) is 4.98 Å². The van der Waals surface area contributed by atoms with Crippen molar-refractivity contribution in [3.63, 3.8) is 0 Å². The fourth-order valence-electron chi connectivity index (χ4n) is 2.86. The average molecular weight is 420 g/mol. The van der Waals surface area contributed by atoms with E-state index in [0.717, 1.165) is 17.0 Å². The summed E-state index contributed by atoms with van der Waals surface area (Å²) in [5.74, 6) is 0.737. The first kappa shape index (κ1) is 19.3. The molecule has 0 atom stereocenters. The molecule has 0 fully saturated rings. The number of hydrogen-bond acceptors (Lipinski definition) is 5. The molecule has 1 amide bonds. The molecule has 5 nitrogen and oxygen atoms in total. The average Bonchev–Trinajstić information content (AvgIpc) is 3.13. The summed E-state index contributed by atoms with van der Waals surface area (Å²) in [4.78, 5) is 17.3. The van der Waals surface area contributed by atoms with Crippen LogP contribution in [-0.2, 0) is 12.6 Å². The van der Waals surface area contributed by atoms with Crippen LogP contribution in [0.15, 0.2) is 48.7 Å². The van der Waals surface area contributed by atoms with E-state index < -0.39 is 11.7 Å². The van der Waals surface area contributed by atoms with Crippen LogP contribution in [-0.4, -0.2) is 24.1 Å². The maximum absolute atomic E-state index is 12.8. The van der Waals surface area contributed by atoms with Gasteiger partial charge in [-0.05, 0) is 29.8 Å². The number of fused-ring (bicyclic) bond motifs is 1. The predicted octanol–water partition coefficient (Wildman–Crippen LogP) is 4.78. The van der Waals surface area contributed by atoms with Crippen LogP contribution in [0.25, 0.3) is 0 Å². The van der Waals surface area contributed by atoms with Gasteiger partial charge in [0.05, 0.1) is 5.56 Å². The summed E-state index contributed by atoms with van der Waals surface area (Å²) in [5.41, 5.74) is 0.226. The molecular weight excluding hydrogens is 405 g/mol. The van der Waals surface area contributed by atoms with E-state index in [1.165, 1.54) is 17.4 Å². The Kier molecular flexibility index (Phi) is 5.14. The molecule has 0 radical (unpaired) electrons. The van der Waals surface area contributed by atoms with Gasteiger partial charge in [0.2, 0.25) is 0 Å². The zero-order valence-electron chi connectivity index (χ0n) is 15.0. The molecule has 4 rings (SSSR count). The van der Waals surface area contributed by atoms with Crippen molar-refractivity contribution >= 4 is 22.4 Å². The predicted molar refractivity (Wildman–Crippen MR) is 102 cm³/mol. The second-order valence-electron chi connectivity index (χ2n) is 6.32. The molecule has 0 unspecified atom stereocenters. The fraction of sp³-hybridized carbons (Fsp3) is 0.200. The van der Waals surface area contributed by atoms with Gasteiger partial charge < -0.3 is 9.47 Å². The number of nitrogens with zero attached hydrogens (tertiary/aromatic N) is 1. The van der Waals surface area contributed by atoms with Crippen molar-refractivity contribution in [1.82, 2.24) is 4.98 Å². The molecule has 2 aromatic carbocycles. The third-order valence-electron chi connectivity index (χ3n) is 4.21. The lowest BCUT2D eigenvalue weighted by Crippen LogP contribution is -2.17. The quantitative estimate of drug-likeness (QED) is 0.660. The minimum atomic E-state index is -4.38. The van der Waals surface area contributed by atoms with Crippen molar-refractivity contribution in [2.75, 3.05) is 18.5 Å². The highest BCUT2D eigenvalue weighted by Crippen LogP contribution is 2.32. The number of carbonyl (C=O) groups excluding carboxylic acids is 1. The largest absolute Gasteiger partial charge is 0.486 e. The summed E-state index contributed by atoms with van der Waals surface area (Å²) in [5, 5.41) is 3.07. The molecule has 0 saturated carbocycles. The maximum atomic E-state index is 12.8. The summed E-state index contributed by atoms with van der Waals surface area (Å²) in [6.45, 7) is 0.885. The second kappa shape index (κ2) is 7.75. The van der Waals surface area contributed by atoms with Crippen molar-refractivity contribution in [3.8, 4) is 11.5 Å². The van der Waals surface area contributed by atoms with Gasteiger partial charge in [0.1, 0.15) is 13.2 Å². The molecule has 2 heterocycles. The summed E-state index contributed by atoms with van der Waals surface area (Å²) in [7, 11) is 0. The topological polar surface area (TPSA) is 60.5 Å². The molecule has 150 valence electrons. The van der Waals surface area contributed by atoms with Crippen LogP contribution in [0.5, 0.6) is 11.5 Å². The van der Waals surface area contributed by atoms with E-state index in [4.69, 9.17) is 9.47 Å². The number of thiazole rings is 1. The van der Waals surface area contributed by atoms with Crippen molar-refractivity contribution in [3.05, 3.63) is 70.2 Å². The van der Waals surface area contributed by atoms with Crippen LogP contribution >= 0.6 is 11.3 Å². The Hall–Kier alpha value is -3.07. The monoisotopic (exact) mass is 420 g/mol. The molecule has 1 aliphatic heterocycles. The normalized spacial score (nSPS) is 13.2. The standard InChI is InChI=1S/C20H15F3N2O3S/c21-20(22,23)14-3-1-2-12(8-14)9-15-11-24-19(29-15)25-18(26)13-4-5-16-17(10-13)28-7-6-27-16/h1-5,8,10-11H,6-7,9H2,(H,24,25,26). The van der Waals surface area contributed by atoms with Gasteiger partial charge >= 0.3 is 6.18 Å². The Morgan fingerprint density at radius 1 is 1.10 bits per heavy atom. The fourth-order valence-corrected chi connectivity index (χ4v) is 3.70. The maximum Gasteiger partial charge on any atom is 0.416 e. The van der Waals surface area contributed by atoms with Crippen LogP contribution in [0.1, 0.15) is 26.4 Å². The van der Waals surface area contributed by atoms with Crippen LogP contribution in [0, 0.1) is 0 Å². The number of nitrogens with one attached hydrogen (secondary N) is 1. The van der Waals surface area contributed by atoms with Gasteiger partial charge in [-0.2, -0.15) is 13.2 Å². The van der Waals surface area contributed by atoms with E-state index in [2.05, 4.69) is 10.3 Å². The lowest BCUT2D eigenvalue weighted by Gasteiger charge is -2.18. The molecule has 0 spiro atoms. The minimum absolute atomic E-state index is 0.293. The first-order valence-corrected chi connectivity index (χ1v) is 9.52. The Morgan fingerprint density at radius 3 is 2.69 bits per heavy atom. The summed E-state index contributed by atoms with van der Waals surface area (Å²) < 4.78 is 49.4. The third-order valence-corrected chi connectivity index (χ3v) is 5.12. The Balaban J connectivity index is 1.44. The van der Waals surface area contributed by atoms with Gasteiger partial charge in [-0.15, -0.1) is 11.3 Å². The van der Waals surface area contributed by atoms with Crippen molar-refractivity contribution < 1.29 is 27.4 Å². The zero-order valence-corrected chi connectivity index (χ0v) is 15.8. The summed E-state index contributed by atoms with van der Waals surface area (Å²) >= 11 is 1.21.